The van der Waals surface area contributed by atoms with Crippen LogP contribution in [0.1, 0.15) is 24.4 Å². The van der Waals surface area contributed by atoms with Crippen LogP contribution in [0.5, 0.6) is 11.6 Å². The maximum atomic E-state index is 12.8. The zero-order valence-electron chi connectivity index (χ0n) is 15.2. The van der Waals surface area contributed by atoms with Gasteiger partial charge < -0.3 is 14.4 Å². The quantitative estimate of drug-likeness (QED) is 0.695. The van der Waals surface area contributed by atoms with Gasteiger partial charge in [0.15, 0.2) is 6.61 Å². The molecule has 0 radical (unpaired) electrons. The molecule has 1 saturated heterocycles. The first-order valence-electron chi connectivity index (χ1n) is 9.02. The van der Waals surface area contributed by atoms with Gasteiger partial charge in [0.1, 0.15) is 12.1 Å². The molecule has 2 aromatic carbocycles. The van der Waals surface area contributed by atoms with E-state index in [2.05, 4.69) is 9.97 Å². The van der Waals surface area contributed by atoms with E-state index in [1.165, 1.54) is 6.33 Å². The van der Waals surface area contributed by atoms with Crippen molar-refractivity contribution in [3.8, 4) is 11.6 Å². The molecule has 1 aliphatic heterocycles. The van der Waals surface area contributed by atoms with E-state index in [1.807, 2.05) is 53.4 Å². The molecule has 1 atom stereocenters. The second-order valence-corrected chi connectivity index (χ2v) is 6.51. The molecule has 1 aliphatic rings. The summed E-state index contributed by atoms with van der Waals surface area (Å²) in [5.41, 5.74) is 1.89. The van der Waals surface area contributed by atoms with Crippen molar-refractivity contribution in [1.29, 1.82) is 0 Å². The largest absolute Gasteiger partial charge is 0.497 e. The molecule has 0 N–H and O–H groups in total. The number of likely N-dealkylation sites (tertiary alicyclic amines) is 1. The predicted octanol–water partition coefficient (Wildman–Crippen LogP) is 3.38. The number of hydrogen-bond acceptors (Lipinski definition) is 5. The number of methoxy groups -OCH3 is 1. The van der Waals surface area contributed by atoms with Gasteiger partial charge in [0.25, 0.3) is 5.91 Å². The van der Waals surface area contributed by atoms with E-state index in [9.17, 15) is 4.79 Å². The van der Waals surface area contributed by atoms with Crippen molar-refractivity contribution < 1.29 is 14.3 Å². The lowest BCUT2D eigenvalue weighted by Gasteiger charge is -2.25. The van der Waals surface area contributed by atoms with E-state index in [0.717, 1.165) is 41.6 Å². The molecule has 0 aliphatic carbocycles. The van der Waals surface area contributed by atoms with Crippen LogP contribution in [0.4, 0.5) is 0 Å². The summed E-state index contributed by atoms with van der Waals surface area (Å²) in [7, 11) is 1.65. The maximum absolute atomic E-state index is 12.8. The fraction of sp³-hybridized carbons (Fsp3) is 0.286. The topological polar surface area (TPSA) is 64.5 Å². The average molecular weight is 363 g/mol. The van der Waals surface area contributed by atoms with Crippen LogP contribution in [0, 0.1) is 0 Å². The summed E-state index contributed by atoms with van der Waals surface area (Å²) >= 11 is 0. The zero-order chi connectivity index (χ0) is 18.6. The molecule has 27 heavy (non-hydrogen) atoms. The summed E-state index contributed by atoms with van der Waals surface area (Å²) in [6.07, 6.45) is 3.37. The van der Waals surface area contributed by atoms with Gasteiger partial charge in [0.05, 0.1) is 24.1 Å². The van der Waals surface area contributed by atoms with Crippen LogP contribution in [0.15, 0.2) is 54.9 Å². The second kappa shape index (κ2) is 7.61. The monoisotopic (exact) mass is 363 g/mol. The minimum absolute atomic E-state index is 0.0389. The molecular formula is C21H21N3O3. The van der Waals surface area contributed by atoms with Crippen LogP contribution in [-0.2, 0) is 4.79 Å². The highest BCUT2D eigenvalue weighted by Crippen LogP contribution is 2.33. The van der Waals surface area contributed by atoms with Gasteiger partial charge in [-0.05, 0) is 42.7 Å². The van der Waals surface area contributed by atoms with E-state index < -0.39 is 0 Å². The van der Waals surface area contributed by atoms with Gasteiger partial charge in [0.2, 0.25) is 5.88 Å². The van der Waals surface area contributed by atoms with Gasteiger partial charge in [-0.2, -0.15) is 0 Å². The van der Waals surface area contributed by atoms with E-state index >= 15 is 0 Å². The highest BCUT2D eigenvalue weighted by Gasteiger charge is 2.30. The molecule has 6 nitrogen and oxygen atoms in total. The fourth-order valence-corrected chi connectivity index (χ4v) is 3.57. The molecule has 6 heteroatoms. The standard InChI is InChI=1S/C21H21N3O3/c1-26-16-7-4-6-15(12-16)19-10-5-11-24(19)20(25)13-27-21-17-8-2-3-9-18(17)22-14-23-21/h2-4,6-9,12,14,19H,5,10-11,13H2,1H3. The first-order chi connectivity index (χ1) is 13.3. The Hall–Kier alpha value is -3.15. The molecule has 0 spiro atoms. The van der Waals surface area contributed by atoms with E-state index in [1.54, 1.807) is 7.11 Å². The molecule has 1 unspecified atom stereocenters. The Morgan fingerprint density at radius 2 is 2.07 bits per heavy atom. The molecular weight excluding hydrogens is 342 g/mol. The third-order valence-electron chi connectivity index (χ3n) is 4.89. The Balaban J connectivity index is 1.48. The molecule has 0 saturated carbocycles. The molecule has 0 bridgehead atoms. The molecule has 1 fully saturated rings. The number of aromatic nitrogens is 2. The molecule has 1 amide bonds. The molecule has 1 aromatic heterocycles. The Bertz CT molecular complexity index is 955. The third-order valence-corrected chi connectivity index (χ3v) is 4.89. The van der Waals surface area contributed by atoms with Crippen LogP contribution >= 0.6 is 0 Å². The van der Waals surface area contributed by atoms with Crippen molar-refractivity contribution >= 4 is 16.8 Å². The lowest BCUT2D eigenvalue weighted by Crippen LogP contribution is -2.34. The molecule has 4 rings (SSSR count). The predicted molar refractivity (Wildman–Crippen MR) is 102 cm³/mol. The van der Waals surface area contributed by atoms with Crippen molar-refractivity contribution in [2.45, 2.75) is 18.9 Å². The number of nitrogens with zero attached hydrogens (tertiary/aromatic N) is 3. The number of fused-ring (bicyclic) bond motifs is 1. The van der Waals surface area contributed by atoms with Crippen molar-refractivity contribution in [1.82, 2.24) is 14.9 Å². The van der Waals surface area contributed by atoms with E-state index in [-0.39, 0.29) is 18.6 Å². The van der Waals surface area contributed by atoms with Gasteiger partial charge in [-0.3, -0.25) is 4.79 Å². The second-order valence-electron chi connectivity index (χ2n) is 6.51. The van der Waals surface area contributed by atoms with Gasteiger partial charge in [-0.25, -0.2) is 9.97 Å². The highest BCUT2D eigenvalue weighted by atomic mass is 16.5. The summed E-state index contributed by atoms with van der Waals surface area (Å²) in [5.74, 6) is 1.20. The average Bonchev–Trinajstić information content (AvgIpc) is 3.22. The van der Waals surface area contributed by atoms with E-state index in [4.69, 9.17) is 9.47 Å². The van der Waals surface area contributed by atoms with Crippen LogP contribution in [0.25, 0.3) is 10.9 Å². The Morgan fingerprint density at radius 1 is 1.19 bits per heavy atom. The smallest absolute Gasteiger partial charge is 0.261 e. The number of amides is 1. The summed E-state index contributed by atoms with van der Waals surface area (Å²) in [4.78, 5) is 23.1. The van der Waals surface area contributed by atoms with Gasteiger partial charge in [0, 0.05) is 6.54 Å². The first kappa shape index (κ1) is 17.3. The van der Waals surface area contributed by atoms with E-state index in [0.29, 0.717) is 5.88 Å². The van der Waals surface area contributed by atoms with Gasteiger partial charge in [-0.1, -0.05) is 24.3 Å². The van der Waals surface area contributed by atoms with Crippen molar-refractivity contribution in [2.75, 3.05) is 20.3 Å². The Morgan fingerprint density at radius 3 is 2.96 bits per heavy atom. The zero-order valence-corrected chi connectivity index (χ0v) is 15.2. The number of benzene rings is 2. The molecule has 2 heterocycles. The molecule has 138 valence electrons. The van der Waals surface area contributed by atoms with Crippen LogP contribution in [-0.4, -0.2) is 41.0 Å². The number of hydrogen-bond donors (Lipinski definition) is 0. The van der Waals surface area contributed by atoms with Gasteiger partial charge >= 0.3 is 0 Å². The van der Waals surface area contributed by atoms with Crippen molar-refractivity contribution in [3.63, 3.8) is 0 Å². The minimum atomic E-state index is -0.0402. The van der Waals surface area contributed by atoms with Crippen molar-refractivity contribution in [2.24, 2.45) is 0 Å². The minimum Gasteiger partial charge on any atom is -0.497 e. The maximum Gasteiger partial charge on any atom is 0.261 e. The number of rotatable bonds is 5. The number of carbonyl (C=O) groups excluding carboxylic acids is 1. The third kappa shape index (κ3) is 3.56. The summed E-state index contributed by atoms with van der Waals surface area (Å²) in [6, 6.07) is 15.6. The van der Waals surface area contributed by atoms with Gasteiger partial charge in [-0.15, -0.1) is 0 Å². The summed E-state index contributed by atoms with van der Waals surface area (Å²) in [6.45, 7) is 0.691. The lowest BCUT2D eigenvalue weighted by molar-refractivity contribution is -0.134. The van der Waals surface area contributed by atoms with Crippen molar-refractivity contribution in [3.05, 3.63) is 60.4 Å². The van der Waals surface area contributed by atoms with Crippen LogP contribution in [0.2, 0.25) is 0 Å². The summed E-state index contributed by atoms with van der Waals surface area (Å²) < 4.78 is 11.1. The summed E-state index contributed by atoms with van der Waals surface area (Å²) in [5, 5.41) is 0.804. The normalized spacial score (nSPS) is 16.5. The number of carbonyl (C=O) groups is 1. The fourth-order valence-electron chi connectivity index (χ4n) is 3.57. The highest BCUT2D eigenvalue weighted by molar-refractivity contribution is 5.84. The Labute approximate surface area is 157 Å². The van der Waals surface area contributed by atoms with Crippen LogP contribution < -0.4 is 9.47 Å². The number of para-hydroxylation sites is 1. The molecule has 3 aromatic rings. The number of ether oxygens (including phenoxy) is 2. The Kier molecular flexibility index (Phi) is 4.87. The van der Waals surface area contributed by atoms with Crippen LogP contribution in [0.3, 0.4) is 0 Å². The SMILES string of the molecule is COc1cccc(C2CCCN2C(=O)COc2ncnc3ccccc23)c1. The first-order valence-corrected chi connectivity index (χ1v) is 9.02. The lowest BCUT2D eigenvalue weighted by atomic mass is 10.0.